The molecule has 0 radical (unpaired) electrons. The minimum Gasteiger partial charge on any atom is -0.508 e. The first kappa shape index (κ1) is 34.5. The fourth-order valence-corrected chi connectivity index (χ4v) is 8.66. The molecule has 5 aromatic rings. The van der Waals surface area contributed by atoms with E-state index in [2.05, 4.69) is 41.0 Å². The van der Waals surface area contributed by atoms with Crippen LogP contribution in [-0.4, -0.2) is 98.3 Å². The maximum absolute atomic E-state index is 17.1. The summed E-state index contributed by atoms with van der Waals surface area (Å²) in [5.41, 5.74) is 0.225. The van der Waals surface area contributed by atoms with Crippen LogP contribution in [0.2, 0.25) is 0 Å². The second-order valence-electron chi connectivity index (χ2n) is 15.4. The van der Waals surface area contributed by atoms with Crippen LogP contribution in [0.3, 0.4) is 0 Å². The van der Waals surface area contributed by atoms with Gasteiger partial charge in [0.1, 0.15) is 40.5 Å². The van der Waals surface area contributed by atoms with Gasteiger partial charge in [-0.2, -0.15) is 9.97 Å². The fourth-order valence-electron chi connectivity index (χ4n) is 8.66. The zero-order valence-corrected chi connectivity index (χ0v) is 29.5. The number of nitrogens with one attached hydrogen (secondary N) is 2. The number of carbonyl (C=O) groups excluding carboxylic acids is 1. The predicted octanol–water partition coefficient (Wildman–Crippen LogP) is 5.57. The van der Waals surface area contributed by atoms with Crippen molar-refractivity contribution in [2.75, 3.05) is 44.2 Å². The summed E-state index contributed by atoms with van der Waals surface area (Å²) in [6.45, 7) is 3.49. The van der Waals surface area contributed by atoms with Crippen molar-refractivity contribution in [3.63, 3.8) is 0 Å². The average molecular weight is 737 g/mol. The number of benzene rings is 2. The van der Waals surface area contributed by atoms with Gasteiger partial charge in [-0.25, -0.2) is 18.2 Å². The summed E-state index contributed by atoms with van der Waals surface area (Å²) in [7, 11) is 0. The molecule has 3 aliphatic heterocycles. The van der Waals surface area contributed by atoms with E-state index in [1.54, 1.807) is 6.20 Å². The predicted molar refractivity (Wildman–Crippen MR) is 196 cm³/mol. The molecule has 1 aliphatic carbocycles. The van der Waals surface area contributed by atoms with E-state index in [4.69, 9.17) is 16.1 Å². The Labute approximate surface area is 309 Å². The van der Waals surface area contributed by atoms with Crippen molar-refractivity contribution < 1.29 is 27.8 Å². The van der Waals surface area contributed by atoms with E-state index in [0.717, 1.165) is 19.4 Å². The van der Waals surface area contributed by atoms with Crippen molar-refractivity contribution in [2.24, 2.45) is 11.3 Å². The third-order valence-electron chi connectivity index (χ3n) is 11.6. The van der Waals surface area contributed by atoms with Crippen LogP contribution in [0.5, 0.6) is 11.8 Å². The molecule has 14 heteroatoms. The Bertz CT molecular complexity index is 2290. The lowest BCUT2D eigenvalue weighted by Gasteiger charge is -2.45. The first-order chi connectivity index (χ1) is 26.2. The largest absolute Gasteiger partial charge is 0.508 e. The number of alkyl halides is 1. The summed E-state index contributed by atoms with van der Waals surface area (Å²) in [5, 5.41) is 15.3. The number of piperidine rings is 2. The Morgan fingerprint density at radius 3 is 2.57 bits per heavy atom. The maximum Gasteiger partial charge on any atom is 0.319 e. The first-order valence-electron chi connectivity index (χ1n) is 18.5. The van der Waals surface area contributed by atoms with Gasteiger partial charge in [0.25, 0.3) is 0 Å². The first-order valence-corrected chi connectivity index (χ1v) is 18.5. The van der Waals surface area contributed by atoms with Gasteiger partial charge in [0, 0.05) is 73.3 Å². The number of nitrogens with zero attached hydrogens (tertiary/aromatic N) is 6. The zero-order chi connectivity index (χ0) is 37.1. The molecule has 11 nitrogen and oxygen atoms in total. The van der Waals surface area contributed by atoms with Gasteiger partial charge in [0.05, 0.1) is 30.1 Å². The lowest BCUT2D eigenvalue weighted by atomic mass is 9.81. The molecule has 1 saturated carbocycles. The number of ether oxygens (including phenoxy) is 1. The Morgan fingerprint density at radius 1 is 1.09 bits per heavy atom. The van der Waals surface area contributed by atoms with Gasteiger partial charge in [-0.05, 0) is 62.1 Å². The number of carbonyl (C=O) groups is 1. The number of terminal acetylenes is 1. The number of hydrogen-bond acceptors (Lipinski definition) is 10. The number of phenolic OH excluding ortho intramolecular Hbond substituents is 1. The van der Waals surface area contributed by atoms with Crippen molar-refractivity contribution in [3.05, 3.63) is 65.9 Å². The summed E-state index contributed by atoms with van der Waals surface area (Å²) in [4.78, 5) is 38.6. The van der Waals surface area contributed by atoms with E-state index in [0.29, 0.717) is 80.8 Å². The molecule has 9 rings (SSSR count). The lowest BCUT2D eigenvalue weighted by Crippen LogP contribution is -2.61. The molecule has 4 aliphatic rings. The fraction of sp³-hybridized carbons (Fsp3) is 0.425. The van der Waals surface area contributed by atoms with Crippen LogP contribution >= 0.6 is 0 Å². The van der Waals surface area contributed by atoms with Crippen LogP contribution in [0.15, 0.2) is 43.0 Å². The zero-order valence-electron chi connectivity index (χ0n) is 29.5. The van der Waals surface area contributed by atoms with Gasteiger partial charge in [-0.1, -0.05) is 12.0 Å². The number of phenols is 1. The molecule has 2 bridgehead atoms. The van der Waals surface area contributed by atoms with Crippen LogP contribution in [0.25, 0.3) is 32.9 Å². The smallest absolute Gasteiger partial charge is 0.319 e. The van der Waals surface area contributed by atoms with Gasteiger partial charge in [0.15, 0.2) is 11.6 Å². The topological polar surface area (TPSA) is 132 Å². The Morgan fingerprint density at radius 2 is 1.87 bits per heavy atom. The summed E-state index contributed by atoms with van der Waals surface area (Å²) in [6, 6.07) is 5.37. The molecule has 4 fully saturated rings. The van der Waals surface area contributed by atoms with E-state index in [1.807, 2.05) is 0 Å². The Kier molecular flexibility index (Phi) is 8.66. The molecule has 278 valence electrons. The highest BCUT2D eigenvalue weighted by Gasteiger charge is 2.46. The van der Waals surface area contributed by atoms with Crippen LogP contribution in [-0.2, 0) is 0 Å². The highest BCUT2D eigenvalue weighted by Crippen LogP contribution is 2.47. The number of fused-ring (bicyclic) bond motifs is 4. The molecular weight excluding hydrogens is 697 g/mol. The van der Waals surface area contributed by atoms with Gasteiger partial charge in [0.2, 0.25) is 0 Å². The number of halogens is 3. The number of H-pyrrole nitrogens is 1. The summed E-state index contributed by atoms with van der Waals surface area (Å²) >= 11 is 0. The Balaban J connectivity index is 1.09. The Hall–Kier alpha value is -5.26. The van der Waals surface area contributed by atoms with Crippen molar-refractivity contribution in [3.8, 4) is 35.4 Å². The molecule has 3 aromatic heterocycles. The molecule has 3 N–H and O–H groups in total. The summed E-state index contributed by atoms with van der Waals surface area (Å²) < 4.78 is 52.2. The number of rotatable bonds is 9. The number of hydrogen-bond donors (Lipinski definition) is 3. The monoisotopic (exact) mass is 736 g/mol. The quantitative estimate of drug-likeness (QED) is 0.131. The average Bonchev–Trinajstić information content (AvgIpc) is 3.70. The van der Waals surface area contributed by atoms with Crippen molar-refractivity contribution in [1.82, 2.24) is 35.1 Å². The van der Waals surface area contributed by atoms with E-state index < -0.39 is 17.8 Å². The molecule has 2 aromatic carbocycles. The minimum atomic E-state index is -0.795. The molecule has 0 amide bonds. The van der Waals surface area contributed by atoms with Crippen LogP contribution in [0.1, 0.15) is 54.6 Å². The lowest BCUT2D eigenvalue weighted by molar-refractivity contribution is 0.0839. The van der Waals surface area contributed by atoms with E-state index in [9.17, 15) is 18.7 Å². The minimum absolute atomic E-state index is 0.00871. The number of aromatic nitrogens is 5. The second kappa shape index (κ2) is 13.5. The number of aromatic amines is 1. The SMILES string of the molecule is C#Cc1c(F)ccc2cc(O)cc(-c3ncc4c(N5CC6CC(C(=O)c7cnc[nH]7)CC(C5)N6)nc(OCC5(CN6CCC(F)CC6)CC5)nc4c3F)c12. The summed E-state index contributed by atoms with van der Waals surface area (Å²) in [6.07, 6.45) is 13.7. The molecule has 6 heterocycles. The van der Waals surface area contributed by atoms with Gasteiger partial charge < -0.3 is 29.9 Å². The molecule has 54 heavy (non-hydrogen) atoms. The third kappa shape index (κ3) is 6.39. The van der Waals surface area contributed by atoms with Crippen LogP contribution in [0, 0.1) is 35.3 Å². The van der Waals surface area contributed by atoms with E-state index in [1.165, 1.54) is 36.8 Å². The van der Waals surface area contributed by atoms with E-state index in [-0.39, 0.29) is 68.7 Å². The van der Waals surface area contributed by atoms with E-state index >= 15 is 4.39 Å². The number of pyridine rings is 1. The number of ketones is 1. The summed E-state index contributed by atoms with van der Waals surface area (Å²) in [5.74, 6) is 1.08. The highest BCUT2D eigenvalue weighted by molar-refractivity contribution is 6.03. The molecule has 2 atom stereocenters. The second-order valence-corrected chi connectivity index (χ2v) is 15.4. The molecular formula is C40H39F3N8O3. The third-order valence-corrected chi connectivity index (χ3v) is 11.6. The highest BCUT2D eigenvalue weighted by atomic mass is 19.1. The van der Waals surface area contributed by atoms with Crippen molar-refractivity contribution >= 4 is 33.3 Å². The number of likely N-dealkylation sites (tertiary alicyclic amines) is 1. The normalized spacial score (nSPS) is 22.7. The molecule has 2 unspecified atom stereocenters. The number of piperazine rings is 1. The van der Waals surface area contributed by atoms with Gasteiger partial charge in [-0.15, -0.1) is 6.42 Å². The molecule has 0 spiro atoms. The number of aromatic hydroxyl groups is 1. The van der Waals surface area contributed by atoms with Gasteiger partial charge in [-0.3, -0.25) is 9.78 Å². The van der Waals surface area contributed by atoms with Crippen molar-refractivity contribution in [2.45, 2.75) is 56.8 Å². The standard InChI is InChI=1S/C40H39F3N8O3/c1-2-28-31(42)4-3-22-13-27(52)14-29(33(22)28)35-34(43)36-30(15-45-35)38(49-39(48-36)54-20-40(7-8-40)19-50-9-5-24(41)6-10-50)51-17-25-11-23(12-26(18-51)47-25)37(53)32-16-44-21-46-32/h1,3-4,13-16,21,23-26,47,52H,5-12,17-20H2,(H,44,46). The van der Waals surface area contributed by atoms with Crippen molar-refractivity contribution in [1.29, 1.82) is 0 Å². The van der Waals surface area contributed by atoms with Crippen LogP contribution in [0.4, 0.5) is 19.0 Å². The van der Waals surface area contributed by atoms with Gasteiger partial charge >= 0.3 is 6.01 Å². The molecule has 3 saturated heterocycles. The number of imidazole rings is 1. The number of anilines is 1. The van der Waals surface area contributed by atoms with Crippen LogP contribution < -0.4 is 15.0 Å². The number of Topliss-reactive ketones (excluding diaryl/α,β-unsaturated/α-hetero) is 1. The maximum atomic E-state index is 17.1.